The van der Waals surface area contributed by atoms with Crippen LogP contribution in [0.1, 0.15) is 10.4 Å². The minimum atomic E-state index is -0.278. The maximum Gasteiger partial charge on any atom is 0.257 e. The summed E-state index contributed by atoms with van der Waals surface area (Å²) in [5.74, 6) is -0.278. The second-order valence-electron chi connectivity index (χ2n) is 4.88. The Morgan fingerprint density at radius 2 is 1.70 bits per heavy atom. The van der Waals surface area contributed by atoms with Gasteiger partial charge in [-0.1, -0.05) is 29.8 Å². The van der Waals surface area contributed by atoms with E-state index in [1.807, 2.05) is 36.4 Å². The van der Waals surface area contributed by atoms with E-state index in [2.05, 4.69) is 15.6 Å². The molecule has 1 aromatic heterocycles. The Morgan fingerprint density at radius 3 is 2.43 bits per heavy atom. The van der Waals surface area contributed by atoms with E-state index in [1.165, 1.54) is 0 Å². The molecule has 2 N–H and O–H groups in total. The topological polar surface area (TPSA) is 54.0 Å². The van der Waals surface area contributed by atoms with Crippen LogP contribution >= 0.6 is 11.6 Å². The largest absolute Gasteiger partial charge is 0.356 e. The van der Waals surface area contributed by atoms with Crippen molar-refractivity contribution in [1.82, 2.24) is 4.98 Å². The molecule has 0 atom stereocenters. The number of benzene rings is 2. The summed E-state index contributed by atoms with van der Waals surface area (Å²) in [5, 5.41) is 6.41. The van der Waals surface area contributed by atoms with Crippen molar-refractivity contribution in [2.24, 2.45) is 0 Å². The van der Waals surface area contributed by atoms with Crippen LogP contribution in [0.4, 0.5) is 17.1 Å². The minimum absolute atomic E-state index is 0.278. The van der Waals surface area contributed by atoms with Gasteiger partial charge in [0.25, 0.3) is 5.91 Å². The van der Waals surface area contributed by atoms with Gasteiger partial charge < -0.3 is 10.6 Å². The number of amides is 1. The van der Waals surface area contributed by atoms with Gasteiger partial charge in [0, 0.05) is 17.6 Å². The zero-order valence-electron chi connectivity index (χ0n) is 12.2. The molecule has 4 nitrogen and oxygen atoms in total. The Labute approximate surface area is 139 Å². The van der Waals surface area contributed by atoms with E-state index in [-0.39, 0.29) is 5.91 Å². The van der Waals surface area contributed by atoms with Crippen molar-refractivity contribution in [3.8, 4) is 0 Å². The van der Waals surface area contributed by atoms with Gasteiger partial charge in [0.1, 0.15) is 0 Å². The van der Waals surface area contributed by atoms with Crippen LogP contribution in [-0.2, 0) is 0 Å². The molecule has 0 saturated carbocycles. The third-order valence-electron chi connectivity index (χ3n) is 3.19. The molecule has 5 heteroatoms. The summed E-state index contributed by atoms with van der Waals surface area (Å²) in [6.45, 7) is 0. The number of pyridine rings is 1. The van der Waals surface area contributed by atoms with Gasteiger partial charge in [-0.3, -0.25) is 9.78 Å². The van der Waals surface area contributed by atoms with Gasteiger partial charge in [-0.15, -0.1) is 0 Å². The number of halogens is 1. The molecule has 3 aromatic rings. The maximum atomic E-state index is 12.4. The molecule has 1 amide bonds. The van der Waals surface area contributed by atoms with Crippen molar-refractivity contribution in [2.45, 2.75) is 0 Å². The molecule has 0 bridgehead atoms. The summed E-state index contributed by atoms with van der Waals surface area (Å²) in [7, 11) is 0. The van der Waals surface area contributed by atoms with E-state index in [4.69, 9.17) is 11.6 Å². The normalized spacial score (nSPS) is 10.1. The molecule has 3 rings (SSSR count). The SMILES string of the molecule is O=C(Nc1cccnc1)c1cc(Nc2ccccc2)ccc1Cl. The third-order valence-corrected chi connectivity index (χ3v) is 3.52. The summed E-state index contributed by atoms with van der Waals surface area (Å²) in [6.07, 6.45) is 3.23. The van der Waals surface area contributed by atoms with Crippen molar-refractivity contribution in [1.29, 1.82) is 0 Å². The summed E-state index contributed by atoms with van der Waals surface area (Å²) in [5.41, 5.74) is 2.75. The Balaban J connectivity index is 1.81. The van der Waals surface area contributed by atoms with Gasteiger partial charge in [-0.05, 0) is 42.5 Å². The first-order valence-corrected chi connectivity index (χ1v) is 7.43. The van der Waals surface area contributed by atoms with Crippen LogP contribution in [0.15, 0.2) is 73.1 Å². The number of carbonyl (C=O) groups excluding carboxylic acids is 1. The van der Waals surface area contributed by atoms with Gasteiger partial charge in [0.15, 0.2) is 0 Å². The number of nitrogens with one attached hydrogen (secondary N) is 2. The monoisotopic (exact) mass is 323 g/mol. The average Bonchev–Trinajstić information content (AvgIpc) is 2.58. The Morgan fingerprint density at radius 1 is 0.913 bits per heavy atom. The molecule has 2 aromatic carbocycles. The predicted molar refractivity (Wildman–Crippen MR) is 93.4 cm³/mol. The number of hydrogen-bond acceptors (Lipinski definition) is 3. The average molecular weight is 324 g/mol. The zero-order chi connectivity index (χ0) is 16.1. The number of hydrogen-bond donors (Lipinski definition) is 2. The molecule has 0 radical (unpaired) electrons. The number of nitrogens with zero attached hydrogens (tertiary/aromatic N) is 1. The van der Waals surface area contributed by atoms with E-state index in [1.54, 1.807) is 36.7 Å². The molecular weight excluding hydrogens is 310 g/mol. The quantitative estimate of drug-likeness (QED) is 0.729. The first-order valence-electron chi connectivity index (χ1n) is 7.05. The Hall–Kier alpha value is -2.85. The van der Waals surface area contributed by atoms with Crippen molar-refractivity contribution in [2.75, 3.05) is 10.6 Å². The van der Waals surface area contributed by atoms with Crippen molar-refractivity contribution >= 4 is 34.6 Å². The van der Waals surface area contributed by atoms with E-state index < -0.39 is 0 Å². The lowest BCUT2D eigenvalue weighted by atomic mass is 10.1. The fraction of sp³-hybridized carbons (Fsp3) is 0. The fourth-order valence-corrected chi connectivity index (χ4v) is 2.30. The number of anilines is 3. The summed E-state index contributed by atoms with van der Waals surface area (Å²) < 4.78 is 0. The van der Waals surface area contributed by atoms with E-state index in [0.29, 0.717) is 16.3 Å². The zero-order valence-corrected chi connectivity index (χ0v) is 12.9. The molecule has 0 unspecified atom stereocenters. The highest BCUT2D eigenvalue weighted by molar-refractivity contribution is 6.34. The summed E-state index contributed by atoms with van der Waals surface area (Å²) in [4.78, 5) is 16.4. The standard InChI is InChI=1S/C18H14ClN3O/c19-17-9-8-14(21-13-5-2-1-3-6-13)11-16(17)18(23)22-15-7-4-10-20-12-15/h1-12,21H,(H,22,23). The van der Waals surface area contributed by atoms with Crippen molar-refractivity contribution in [3.63, 3.8) is 0 Å². The lowest BCUT2D eigenvalue weighted by Gasteiger charge is -2.10. The number of aromatic nitrogens is 1. The highest BCUT2D eigenvalue weighted by Crippen LogP contribution is 2.24. The minimum Gasteiger partial charge on any atom is -0.356 e. The number of carbonyl (C=O) groups is 1. The number of rotatable bonds is 4. The van der Waals surface area contributed by atoms with Crippen LogP contribution in [-0.4, -0.2) is 10.9 Å². The van der Waals surface area contributed by atoms with Gasteiger partial charge in [0.05, 0.1) is 22.5 Å². The molecule has 0 aliphatic heterocycles. The molecule has 114 valence electrons. The molecule has 0 spiro atoms. The van der Waals surface area contributed by atoms with Crippen LogP contribution in [0.25, 0.3) is 0 Å². The van der Waals surface area contributed by atoms with Crippen LogP contribution < -0.4 is 10.6 Å². The second kappa shape index (κ2) is 6.94. The van der Waals surface area contributed by atoms with Gasteiger partial charge in [-0.2, -0.15) is 0 Å². The first kappa shape index (κ1) is 15.1. The van der Waals surface area contributed by atoms with E-state index in [9.17, 15) is 4.79 Å². The lowest BCUT2D eigenvalue weighted by Crippen LogP contribution is -2.12. The molecule has 0 aliphatic carbocycles. The molecule has 1 heterocycles. The first-order chi connectivity index (χ1) is 11.2. The van der Waals surface area contributed by atoms with Crippen LogP contribution in [0, 0.1) is 0 Å². The summed E-state index contributed by atoms with van der Waals surface area (Å²) in [6, 6.07) is 18.5. The highest BCUT2D eigenvalue weighted by atomic mass is 35.5. The lowest BCUT2D eigenvalue weighted by molar-refractivity contribution is 0.102. The van der Waals surface area contributed by atoms with E-state index >= 15 is 0 Å². The van der Waals surface area contributed by atoms with Crippen LogP contribution in [0.5, 0.6) is 0 Å². The van der Waals surface area contributed by atoms with Gasteiger partial charge in [0.2, 0.25) is 0 Å². The maximum absolute atomic E-state index is 12.4. The third kappa shape index (κ3) is 3.87. The second-order valence-corrected chi connectivity index (χ2v) is 5.29. The summed E-state index contributed by atoms with van der Waals surface area (Å²) >= 11 is 6.16. The Bertz CT molecular complexity index is 807. The molecule has 0 fully saturated rings. The molecule has 0 aliphatic rings. The van der Waals surface area contributed by atoms with Crippen LogP contribution in [0.3, 0.4) is 0 Å². The van der Waals surface area contributed by atoms with Crippen molar-refractivity contribution in [3.05, 3.63) is 83.6 Å². The predicted octanol–water partition coefficient (Wildman–Crippen LogP) is 4.73. The molecular formula is C18H14ClN3O. The highest BCUT2D eigenvalue weighted by Gasteiger charge is 2.12. The van der Waals surface area contributed by atoms with Crippen molar-refractivity contribution < 1.29 is 4.79 Å². The van der Waals surface area contributed by atoms with Crippen LogP contribution in [0.2, 0.25) is 5.02 Å². The fourth-order valence-electron chi connectivity index (χ4n) is 2.10. The Kier molecular flexibility index (Phi) is 4.54. The smallest absolute Gasteiger partial charge is 0.257 e. The molecule has 0 saturated heterocycles. The number of para-hydroxylation sites is 1. The van der Waals surface area contributed by atoms with Gasteiger partial charge in [-0.25, -0.2) is 0 Å². The van der Waals surface area contributed by atoms with E-state index in [0.717, 1.165) is 11.4 Å². The molecule has 23 heavy (non-hydrogen) atoms. The van der Waals surface area contributed by atoms with Gasteiger partial charge >= 0.3 is 0 Å².